The van der Waals surface area contributed by atoms with Gasteiger partial charge in [-0.25, -0.2) is 0 Å². The summed E-state index contributed by atoms with van der Waals surface area (Å²) in [6.45, 7) is 0.833. The Morgan fingerprint density at radius 1 is 1.18 bits per heavy atom. The maximum absolute atomic E-state index is 11.4. The average molecular weight is 240 g/mol. The second-order valence-electron chi connectivity index (χ2n) is 5.36. The zero-order valence-corrected chi connectivity index (χ0v) is 10.5. The molecular formula is C13H24N2O2. The first-order chi connectivity index (χ1) is 8.25. The Hall–Kier alpha value is -0.610. The molecule has 0 aliphatic heterocycles. The predicted octanol–water partition coefficient (Wildman–Crippen LogP) is 0.938. The molecule has 0 unspecified atom stereocenters. The van der Waals surface area contributed by atoms with Crippen molar-refractivity contribution < 1.29 is 9.90 Å². The lowest BCUT2D eigenvalue weighted by atomic mass is 9.92. The fourth-order valence-corrected chi connectivity index (χ4v) is 2.41. The van der Waals surface area contributed by atoms with E-state index >= 15 is 0 Å². The van der Waals surface area contributed by atoms with E-state index in [1.54, 1.807) is 0 Å². The predicted molar refractivity (Wildman–Crippen MR) is 66.7 cm³/mol. The van der Waals surface area contributed by atoms with Crippen molar-refractivity contribution in [3.8, 4) is 0 Å². The topological polar surface area (TPSA) is 61.4 Å². The summed E-state index contributed by atoms with van der Waals surface area (Å²) in [7, 11) is 0. The maximum Gasteiger partial charge on any atom is 0.220 e. The fourth-order valence-electron chi connectivity index (χ4n) is 2.41. The molecule has 3 N–H and O–H groups in total. The number of amides is 1. The molecule has 2 aliphatic carbocycles. The highest BCUT2D eigenvalue weighted by molar-refractivity contribution is 5.76. The van der Waals surface area contributed by atoms with Crippen LogP contribution >= 0.6 is 0 Å². The lowest BCUT2D eigenvalue weighted by molar-refractivity contribution is -0.121. The molecule has 2 fully saturated rings. The van der Waals surface area contributed by atoms with Crippen LogP contribution < -0.4 is 10.6 Å². The van der Waals surface area contributed by atoms with Crippen LogP contribution in [0.4, 0.5) is 0 Å². The summed E-state index contributed by atoms with van der Waals surface area (Å²) >= 11 is 0. The second kappa shape index (κ2) is 6.36. The van der Waals surface area contributed by atoms with Gasteiger partial charge in [0.15, 0.2) is 0 Å². The molecule has 1 amide bonds. The molecule has 17 heavy (non-hydrogen) atoms. The van der Waals surface area contributed by atoms with E-state index in [2.05, 4.69) is 10.6 Å². The van der Waals surface area contributed by atoms with Crippen molar-refractivity contribution in [1.82, 2.24) is 10.6 Å². The molecule has 2 atom stereocenters. The Kier molecular flexibility index (Phi) is 4.80. The molecule has 0 radical (unpaired) electrons. The van der Waals surface area contributed by atoms with E-state index in [0.717, 1.165) is 45.1 Å². The third-order valence-corrected chi connectivity index (χ3v) is 3.66. The van der Waals surface area contributed by atoms with Crippen molar-refractivity contribution in [3.63, 3.8) is 0 Å². The van der Waals surface area contributed by atoms with Gasteiger partial charge in [0.2, 0.25) is 5.91 Å². The average Bonchev–Trinajstić information content (AvgIpc) is 3.10. The van der Waals surface area contributed by atoms with Gasteiger partial charge >= 0.3 is 0 Å². The van der Waals surface area contributed by atoms with E-state index in [-0.39, 0.29) is 18.1 Å². The molecule has 0 aromatic carbocycles. The molecule has 0 heterocycles. The highest BCUT2D eigenvalue weighted by Crippen LogP contribution is 2.19. The van der Waals surface area contributed by atoms with Gasteiger partial charge < -0.3 is 15.7 Å². The quantitative estimate of drug-likeness (QED) is 0.605. The lowest BCUT2D eigenvalue weighted by Crippen LogP contribution is -2.42. The largest absolute Gasteiger partial charge is 0.392 e. The second-order valence-corrected chi connectivity index (χ2v) is 5.36. The molecule has 0 aromatic rings. The summed E-state index contributed by atoms with van der Waals surface area (Å²) in [6.07, 6.45) is 7.91. The number of carbonyl (C=O) groups is 1. The minimum atomic E-state index is -0.191. The Morgan fingerprint density at radius 2 is 1.94 bits per heavy atom. The van der Waals surface area contributed by atoms with Crippen LogP contribution in [0.2, 0.25) is 0 Å². The minimum Gasteiger partial charge on any atom is -0.392 e. The Balaban J connectivity index is 1.51. The number of carbonyl (C=O) groups excluding carboxylic acids is 1. The van der Waals surface area contributed by atoms with Gasteiger partial charge in [-0.2, -0.15) is 0 Å². The molecule has 98 valence electrons. The molecule has 4 nitrogen and oxygen atoms in total. The van der Waals surface area contributed by atoms with Crippen molar-refractivity contribution >= 4 is 5.91 Å². The number of nitrogens with one attached hydrogen (secondary N) is 2. The Morgan fingerprint density at radius 3 is 2.65 bits per heavy atom. The molecule has 0 aromatic heterocycles. The number of hydrogen-bond acceptors (Lipinski definition) is 3. The zero-order chi connectivity index (χ0) is 12.1. The van der Waals surface area contributed by atoms with Crippen LogP contribution in [0.1, 0.15) is 51.4 Å². The third kappa shape index (κ3) is 4.64. The highest BCUT2D eigenvalue weighted by Gasteiger charge is 2.23. The smallest absolute Gasteiger partial charge is 0.220 e. The lowest BCUT2D eigenvalue weighted by Gasteiger charge is -2.28. The summed E-state index contributed by atoms with van der Waals surface area (Å²) in [5.41, 5.74) is 0. The zero-order valence-electron chi connectivity index (χ0n) is 10.5. The van der Waals surface area contributed by atoms with Gasteiger partial charge in [-0.3, -0.25) is 4.79 Å². The Bertz CT molecular complexity index is 254. The van der Waals surface area contributed by atoms with E-state index in [1.807, 2.05) is 0 Å². The number of hydrogen-bond donors (Lipinski definition) is 3. The first-order valence-corrected chi connectivity index (χ1v) is 6.96. The van der Waals surface area contributed by atoms with Crippen LogP contribution in [0.3, 0.4) is 0 Å². The van der Waals surface area contributed by atoms with Gasteiger partial charge in [0, 0.05) is 18.5 Å². The van der Waals surface area contributed by atoms with Gasteiger partial charge in [-0.15, -0.1) is 0 Å². The van der Waals surface area contributed by atoms with E-state index in [4.69, 9.17) is 0 Å². The molecule has 0 saturated heterocycles. The normalized spacial score (nSPS) is 29.0. The van der Waals surface area contributed by atoms with Gasteiger partial charge in [-0.1, -0.05) is 12.8 Å². The van der Waals surface area contributed by atoms with E-state index in [9.17, 15) is 9.90 Å². The van der Waals surface area contributed by atoms with Gasteiger partial charge in [0.25, 0.3) is 0 Å². The van der Waals surface area contributed by atoms with Crippen molar-refractivity contribution in [3.05, 3.63) is 0 Å². The molecule has 2 aliphatic rings. The van der Waals surface area contributed by atoms with Crippen molar-refractivity contribution in [2.75, 3.05) is 6.54 Å². The summed E-state index contributed by atoms with van der Waals surface area (Å²) in [6, 6.07) is 0.714. The highest BCUT2D eigenvalue weighted by atomic mass is 16.3. The van der Waals surface area contributed by atoms with E-state index in [1.165, 1.54) is 6.42 Å². The van der Waals surface area contributed by atoms with Gasteiger partial charge in [0.1, 0.15) is 0 Å². The van der Waals surface area contributed by atoms with Crippen molar-refractivity contribution in [1.29, 1.82) is 0 Å². The molecule has 2 rings (SSSR count). The van der Waals surface area contributed by atoms with Crippen LogP contribution in [-0.4, -0.2) is 35.7 Å². The van der Waals surface area contributed by atoms with Gasteiger partial charge in [0.05, 0.1) is 6.10 Å². The molecular weight excluding hydrogens is 216 g/mol. The molecule has 0 bridgehead atoms. The standard InChI is InChI=1S/C13H24N2O2/c16-12-5-2-1-4-11(12)14-9-3-6-13(17)15-10-7-8-10/h10-12,14,16H,1-9H2,(H,15,17)/t11-,12-/m1/s1. The van der Waals surface area contributed by atoms with Gasteiger partial charge in [-0.05, 0) is 38.6 Å². The number of aliphatic hydroxyl groups is 1. The SMILES string of the molecule is O=C(CCCN[C@@H]1CCCC[C@H]1O)NC1CC1. The Labute approximate surface area is 103 Å². The third-order valence-electron chi connectivity index (χ3n) is 3.66. The molecule has 4 heteroatoms. The summed E-state index contributed by atoms with van der Waals surface area (Å²) in [4.78, 5) is 11.4. The van der Waals surface area contributed by atoms with Crippen LogP contribution in [0.5, 0.6) is 0 Å². The van der Waals surface area contributed by atoms with Crippen LogP contribution in [0, 0.1) is 0 Å². The fraction of sp³-hybridized carbons (Fsp3) is 0.923. The van der Waals surface area contributed by atoms with Crippen molar-refractivity contribution in [2.24, 2.45) is 0 Å². The first kappa shape index (κ1) is 12.8. The minimum absolute atomic E-state index is 0.179. The summed E-state index contributed by atoms with van der Waals surface area (Å²) < 4.78 is 0. The summed E-state index contributed by atoms with van der Waals surface area (Å²) in [5, 5.41) is 16.1. The van der Waals surface area contributed by atoms with Crippen LogP contribution in [0.25, 0.3) is 0 Å². The monoisotopic (exact) mass is 240 g/mol. The number of rotatable bonds is 6. The first-order valence-electron chi connectivity index (χ1n) is 6.96. The molecule has 0 spiro atoms. The van der Waals surface area contributed by atoms with Crippen molar-refractivity contribution in [2.45, 2.75) is 69.6 Å². The molecule has 2 saturated carbocycles. The van der Waals surface area contributed by atoms with Crippen LogP contribution in [0.15, 0.2) is 0 Å². The van der Waals surface area contributed by atoms with E-state index in [0.29, 0.717) is 12.5 Å². The van der Waals surface area contributed by atoms with E-state index < -0.39 is 0 Å². The summed E-state index contributed by atoms with van der Waals surface area (Å²) in [5.74, 6) is 0.179. The van der Waals surface area contributed by atoms with Crippen LogP contribution in [-0.2, 0) is 4.79 Å². The number of aliphatic hydroxyl groups excluding tert-OH is 1. The maximum atomic E-state index is 11.4.